The van der Waals surface area contributed by atoms with E-state index in [0.717, 1.165) is 19.0 Å². The number of carbonyl (C=O) groups excluding carboxylic acids is 1. The van der Waals surface area contributed by atoms with Crippen LogP contribution in [0.2, 0.25) is 36.3 Å². The third-order valence-corrected chi connectivity index (χ3v) is 16.8. The van der Waals surface area contributed by atoms with E-state index in [2.05, 4.69) is 34.6 Å². The van der Waals surface area contributed by atoms with Crippen LogP contribution in [-0.4, -0.2) is 47.3 Å². The molecule has 0 heterocycles. The van der Waals surface area contributed by atoms with Crippen molar-refractivity contribution >= 4 is 22.7 Å². The summed E-state index contributed by atoms with van der Waals surface area (Å²) in [5.74, 6) is 0. The zero-order valence-electron chi connectivity index (χ0n) is 17.2. The summed E-state index contributed by atoms with van der Waals surface area (Å²) in [5, 5.41) is 0. The molecule has 24 heavy (non-hydrogen) atoms. The lowest BCUT2D eigenvalue weighted by Gasteiger charge is -2.41. The van der Waals surface area contributed by atoms with Crippen LogP contribution in [0.3, 0.4) is 0 Å². The lowest BCUT2D eigenvalue weighted by Crippen LogP contribution is -2.50. The molecule has 0 aliphatic rings. The molecule has 0 N–H and O–H groups in total. The first-order valence-electron chi connectivity index (χ1n) is 10.0. The van der Waals surface area contributed by atoms with Gasteiger partial charge in [0.25, 0.3) is 0 Å². The second-order valence-electron chi connectivity index (χ2n) is 6.62. The molecule has 0 spiro atoms. The Kier molecular flexibility index (Phi) is 11.9. The standard InChI is InChI=1S/C18H41NO3Si2/c1-8-19(18(20)21-9-2)16-15-17-24(13-6,14-7)22-23(10-3,11-4)12-5/h8-17H2,1-7H3. The van der Waals surface area contributed by atoms with E-state index in [1.165, 1.54) is 30.2 Å². The van der Waals surface area contributed by atoms with Gasteiger partial charge in [-0.2, -0.15) is 0 Å². The van der Waals surface area contributed by atoms with Crippen LogP contribution in [0.5, 0.6) is 0 Å². The molecule has 4 nitrogen and oxygen atoms in total. The predicted octanol–water partition coefficient (Wildman–Crippen LogP) is 5.86. The van der Waals surface area contributed by atoms with Gasteiger partial charge in [-0.25, -0.2) is 4.79 Å². The van der Waals surface area contributed by atoms with Gasteiger partial charge in [0.05, 0.1) is 6.61 Å². The maximum Gasteiger partial charge on any atom is 0.409 e. The Morgan fingerprint density at radius 2 is 1.33 bits per heavy atom. The second kappa shape index (κ2) is 12.1. The molecule has 0 rings (SSSR count). The number of hydrogen-bond acceptors (Lipinski definition) is 3. The molecular weight excluding hydrogens is 334 g/mol. The molecule has 0 aromatic rings. The molecule has 0 saturated heterocycles. The molecule has 0 saturated carbocycles. The number of carbonyl (C=O) groups is 1. The maximum atomic E-state index is 11.9. The first-order valence-corrected chi connectivity index (χ1v) is 15.1. The quantitative estimate of drug-likeness (QED) is 0.378. The minimum Gasteiger partial charge on any atom is -0.455 e. The van der Waals surface area contributed by atoms with Gasteiger partial charge in [0, 0.05) is 13.1 Å². The Morgan fingerprint density at radius 3 is 1.71 bits per heavy atom. The summed E-state index contributed by atoms with van der Waals surface area (Å²) in [5.41, 5.74) is 0. The Bertz CT molecular complexity index is 337. The molecule has 0 unspecified atom stereocenters. The van der Waals surface area contributed by atoms with Gasteiger partial charge >= 0.3 is 6.09 Å². The van der Waals surface area contributed by atoms with E-state index in [4.69, 9.17) is 8.85 Å². The Hall–Kier alpha value is -0.336. The molecule has 0 fully saturated rings. The summed E-state index contributed by atoms with van der Waals surface area (Å²) in [6.07, 6.45) is 0.850. The minimum atomic E-state index is -1.69. The van der Waals surface area contributed by atoms with Crippen molar-refractivity contribution in [1.82, 2.24) is 4.90 Å². The number of hydrogen-bond donors (Lipinski definition) is 0. The van der Waals surface area contributed by atoms with Crippen LogP contribution in [0, 0.1) is 0 Å². The Morgan fingerprint density at radius 1 is 0.833 bits per heavy atom. The van der Waals surface area contributed by atoms with Crippen LogP contribution in [0.1, 0.15) is 54.9 Å². The molecule has 144 valence electrons. The lowest BCUT2D eigenvalue weighted by molar-refractivity contribution is 0.109. The molecule has 0 aliphatic carbocycles. The minimum absolute atomic E-state index is 0.180. The second-order valence-corrected chi connectivity index (χ2v) is 16.2. The summed E-state index contributed by atoms with van der Waals surface area (Å²) >= 11 is 0. The van der Waals surface area contributed by atoms with Crippen molar-refractivity contribution in [3.63, 3.8) is 0 Å². The summed E-state index contributed by atoms with van der Waals surface area (Å²) < 4.78 is 12.2. The van der Waals surface area contributed by atoms with Crippen LogP contribution in [0.15, 0.2) is 0 Å². The number of amides is 1. The van der Waals surface area contributed by atoms with Crippen molar-refractivity contribution in [2.24, 2.45) is 0 Å². The number of ether oxygens (including phenoxy) is 1. The monoisotopic (exact) mass is 375 g/mol. The van der Waals surface area contributed by atoms with Gasteiger partial charge in [-0.1, -0.05) is 34.6 Å². The molecular formula is C18H41NO3Si2. The smallest absolute Gasteiger partial charge is 0.409 e. The molecule has 0 radical (unpaired) electrons. The molecule has 0 bridgehead atoms. The molecule has 0 aromatic carbocycles. The van der Waals surface area contributed by atoms with E-state index in [1.54, 1.807) is 0 Å². The van der Waals surface area contributed by atoms with Crippen molar-refractivity contribution in [2.45, 2.75) is 91.2 Å². The van der Waals surface area contributed by atoms with Gasteiger partial charge in [0.1, 0.15) is 0 Å². The van der Waals surface area contributed by atoms with E-state index in [-0.39, 0.29) is 6.09 Å². The summed E-state index contributed by atoms with van der Waals surface area (Å²) in [7, 11) is -3.25. The van der Waals surface area contributed by atoms with Crippen LogP contribution < -0.4 is 0 Å². The van der Waals surface area contributed by atoms with Gasteiger partial charge in [0.2, 0.25) is 0 Å². The van der Waals surface area contributed by atoms with Gasteiger partial charge in [-0.05, 0) is 56.5 Å². The van der Waals surface area contributed by atoms with E-state index in [0.29, 0.717) is 13.2 Å². The van der Waals surface area contributed by atoms with Crippen LogP contribution >= 0.6 is 0 Å². The van der Waals surface area contributed by atoms with Crippen LogP contribution in [0.4, 0.5) is 4.79 Å². The van der Waals surface area contributed by atoms with Crippen molar-refractivity contribution in [3.05, 3.63) is 0 Å². The van der Waals surface area contributed by atoms with Gasteiger partial charge in [-0.15, -0.1) is 0 Å². The Balaban J connectivity index is 4.85. The van der Waals surface area contributed by atoms with Gasteiger partial charge in [0.15, 0.2) is 16.6 Å². The zero-order chi connectivity index (χ0) is 18.6. The number of rotatable bonds is 13. The van der Waals surface area contributed by atoms with E-state index >= 15 is 0 Å². The SMILES string of the molecule is CCOC(=O)N(CC)CCC[Si](CC)(CC)O[Si](CC)(CC)CC. The molecule has 0 aromatic heterocycles. The first-order chi connectivity index (χ1) is 11.4. The first kappa shape index (κ1) is 23.7. The highest BCUT2D eigenvalue weighted by Crippen LogP contribution is 2.33. The fourth-order valence-corrected chi connectivity index (χ4v) is 13.9. The van der Waals surface area contributed by atoms with Crippen LogP contribution in [0.25, 0.3) is 0 Å². The third kappa shape index (κ3) is 6.88. The topological polar surface area (TPSA) is 38.8 Å². The van der Waals surface area contributed by atoms with E-state index < -0.39 is 16.6 Å². The van der Waals surface area contributed by atoms with Crippen molar-refractivity contribution < 1.29 is 13.6 Å². The van der Waals surface area contributed by atoms with Crippen molar-refractivity contribution in [2.75, 3.05) is 19.7 Å². The van der Waals surface area contributed by atoms with Gasteiger partial charge in [-0.3, -0.25) is 0 Å². The molecule has 1 amide bonds. The lowest BCUT2D eigenvalue weighted by atomic mass is 10.4. The summed E-state index contributed by atoms with van der Waals surface area (Å²) in [6.45, 7) is 17.3. The normalized spacial score (nSPS) is 12.3. The predicted molar refractivity (Wildman–Crippen MR) is 109 cm³/mol. The Labute approximate surface area is 152 Å². The molecule has 6 heteroatoms. The third-order valence-electron chi connectivity index (χ3n) is 5.62. The summed E-state index contributed by atoms with van der Waals surface area (Å²) in [6, 6.07) is 7.19. The highest BCUT2D eigenvalue weighted by molar-refractivity contribution is 6.87. The largest absolute Gasteiger partial charge is 0.455 e. The number of nitrogens with zero attached hydrogens (tertiary/aromatic N) is 1. The fourth-order valence-electron chi connectivity index (χ4n) is 3.41. The average Bonchev–Trinajstić information content (AvgIpc) is 2.62. The van der Waals surface area contributed by atoms with E-state index in [1.807, 2.05) is 18.7 Å². The zero-order valence-corrected chi connectivity index (χ0v) is 19.2. The van der Waals surface area contributed by atoms with Crippen molar-refractivity contribution in [1.29, 1.82) is 0 Å². The average molecular weight is 376 g/mol. The molecule has 0 atom stereocenters. The maximum absolute atomic E-state index is 11.9. The fraction of sp³-hybridized carbons (Fsp3) is 0.944. The molecule has 0 aliphatic heterocycles. The van der Waals surface area contributed by atoms with E-state index in [9.17, 15) is 4.79 Å². The van der Waals surface area contributed by atoms with Gasteiger partial charge < -0.3 is 13.8 Å². The highest BCUT2D eigenvalue weighted by Gasteiger charge is 2.40. The summed E-state index contributed by atoms with van der Waals surface area (Å²) in [4.78, 5) is 13.7. The van der Waals surface area contributed by atoms with Crippen LogP contribution in [-0.2, 0) is 8.85 Å². The highest BCUT2D eigenvalue weighted by atomic mass is 28.4. The van der Waals surface area contributed by atoms with Crippen molar-refractivity contribution in [3.8, 4) is 0 Å².